The van der Waals surface area contributed by atoms with Crippen LogP contribution >= 0.6 is 0 Å². The van der Waals surface area contributed by atoms with Gasteiger partial charge in [-0.3, -0.25) is 0 Å². The summed E-state index contributed by atoms with van der Waals surface area (Å²) in [6.45, 7) is 6.79. The van der Waals surface area contributed by atoms with Crippen molar-refractivity contribution >= 4 is 17.3 Å². The molecular weight excluding hydrogens is 230 g/mol. The Morgan fingerprint density at radius 2 is 2.00 bits per heavy atom. The van der Waals surface area contributed by atoms with Gasteiger partial charge in [-0.1, -0.05) is 6.92 Å². The second-order valence-corrected chi connectivity index (χ2v) is 4.50. The van der Waals surface area contributed by atoms with Crippen LogP contribution in [0.1, 0.15) is 17.3 Å². The third-order valence-electron chi connectivity index (χ3n) is 3.41. The van der Waals surface area contributed by atoms with Crippen LogP contribution in [0.2, 0.25) is 0 Å². The second kappa shape index (κ2) is 5.27. The van der Waals surface area contributed by atoms with Gasteiger partial charge in [0, 0.05) is 31.9 Å². The predicted octanol–water partition coefficient (Wildman–Crippen LogP) is 1.11. The monoisotopic (exact) mass is 249 g/mol. The number of carboxylic acids is 1. The van der Waals surface area contributed by atoms with Crippen molar-refractivity contribution in [3.05, 3.63) is 23.8 Å². The number of benzene rings is 1. The van der Waals surface area contributed by atoms with Crippen molar-refractivity contribution in [2.75, 3.05) is 43.4 Å². The molecule has 0 aromatic heterocycles. The molecular formula is C13H19N3O2. The van der Waals surface area contributed by atoms with Crippen LogP contribution in [-0.2, 0) is 0 Å². The number of nitrogens with zero attached hydrogens (tertiary/aromatic N) is 2. The SMILES string of the molecule is CCN1CCN(c2cc(N)ccc2C(=O)O)CC1. The largest absolute Gasteiger partial charge is 0.478 e. The van der Waals surface area contributed by atoms with Gasteiger partial charge in [0.2, 0.25) is 0 Å². The maximum atomic E-state index is 11.2. The molecule has 2 rings (SSSR count). The van der Waals surface area contributed by atoms with Crippen LogP contribution in [0, 0.1) is 0 Å². The van der Waals surface area contributed by atoms with Gasteiger partial charge in [0.1, 0.15) is 0 Å². The molecule has 5 heteroatoms. The van der Waals surface area contributed by atoms with E-state index >= 15 is 0 Å². The Balaban J connectivity index is 2.22. The summed E-state index contributed by atoms with van der Waals surface area (Å²) in [5, 5.41) is 9.21. The summed E-state index contributed by atoms with van der Waals surface area (Å²) < 4.78 is 0. The molecule has 1 fully saturated rings. The first kappa shape index (κ1) is 12.7. The number of carboxylic acid groups (broad SMARTS) is 1. The van der Waals surface area contributed by atoms with Crippen LogP contribution in [-0.4, -0.2) is 48.7 Å². The standard InChI is InChI=1S/C13H19N3O2/c1-2-15-5-7-16(8-6-15)12-9-10(14)3-4-11(12)13(17)18/h3-4,9H,2,5-8,14H2,1H3,(H,17,18). The first-order valence-corrected chi connectivity index (χ1v) is 6.22. The molecule has 1 aromatic rings. The average Bonchev–Trinajstić information content (AvgIpc) is 2.38. The van der Waals surface area contributed by atoms with E-state index in [1.54, 1.807) is 18.2 Å². The molecule has 98 valence electrons. The quantitative estimate of drug-likeness (QED) is 0.785. The van der Waals surface area contributed by atoms with Crippen molar-refractivity contribution in [2.45, 2.75) is 6.92 Å². The normalized spacial score (nSPS) is 16.8. The van der Waals surface area contributed by atoms with Crippen molar-refractivity contribution in [1.82, 2.24) is 4.90 Å². The molecule has 0 aliphatic carbocycles. The molecule has 3 N–H and O–H groups in total. The van der Waals surface area contributed by atoms with E-state index < -0.39 is 5.97 Å². The van der Waals surface area contributed by atoms with E-state index in [9.17, 15) is 9.90 Å². The highest BCUT2D eigenvalue weighted by Gasteiger charge is 2.20. The summed E-state index contributed by atoms with van der Waals surface area (Å²) in [6, 6.07) is 4.97. The fourth-order valence-corrected chi connectivity index (χ4v) is 2.30. The zero-order valence-corrected chi connectivity index (χ0v) is 10.6. The van der Waals surface area contributed by atoms with Crippen LogP contribution < -0.4 is 10.6 Å². The Morgan fingerprint density at radius 3 is 2.56 bits per heavy atom. The molecule has 0 radical (unpaired) electrons. The lowest BCUT2D eigenvalue weighted by Gasteiger charge is -2.36. The maximum Gasteiger partial charge on any atom is 0.337 e. The molecule has 0 bridgehead atoms. The van der Waals surface area contributed by atoms with E-state index in [1.807, 2.05) is 0 Å². The van der Waals surface area contributed by atoms with Gasteiger partial charge in [0.05, 0.1) is 11.3 Å². The summed E-state index contributed by atoms with van der Waals surface area (Å²) in [5.41, 5.74) is 7.42. The van der Waals surface area contributed by atoms with Crippen molar-refractivity contribution < 1.29 is 9.90 Å². The minimum Gasteiger partial charge on any atom is -0.478 e. The Kier molecular flexibility index (Phi) is 3.72. The molecule has 18 heavy (non-hydrogen) atoms. The molecule has 0 spiro atoms. The number of hydrogen-bond acceptors (Lipinski definition) is 4. The molecule has 1 heterocycles. The van der Waals surface area contributed by atoms with Crippen LogP contribution in [0.3, 0.4) is 0 Å². The van der Waals surface area contributed by atoms with Gasteiger partial charge < -0.3 is 20.6 Å². The highest BCUT2D eigenvalue weighted by atomic mass is 16.4. The van der Waals surface area contributed by atoms with Crippen molar-refractivity contribution in [2.24, 2.45) is 0 Å². The minimum atomic E-state index is -0.900. The fraction of sp³-hybridized carbons (Fsp3) is 0.462. The number of likely N-dealkylation sites (N-methyl/N-ethyl adjacent to an activating group) is 1. The molecule has 1 aromatic carbocycles. The van der Waals surface area contributed by atoms with E-state index in [-0.39, 0.29) is 0 Å². The summed E-state index contributed by atoms with van der Waals surface area (Å²) >= 11 is 0. The fourth-order valence-electron chi connectivity index (χ4n) is 2.30. The Labute approximate surface area is 107 Å². The number of aromatic carboxylic acids is 1. The van der Waals surface area contributed by atoms with Crippen LogP contribution in [0.4, 0.5) is 11.4 Å². The lowest BCUT2D eigenvalue weighted by molar-refractivity contribution is 0.0697. The lowest BCUT2D eigenvalue weighted by Crippen LogP contribution is -2.46. The molecule has 0 amide bonds. The Morgan fingerprint density at radius 1 is 1.33 bits per heavy atom. The number of nitrogen functional groups attached to an aromatic ring is 1. The molecule has 1 aliphatic rings. The summed E-state index contributed by atoms with van der Waals surface area (Å²) in [6.07, 6.45) is 0. The highest BCUT2D eigenvalue weighted by molar-refractivity contribution is 5.95. The number of piperazine rings is 1. The van der Waals surface area contributed by atoms with Crippen LogP contribution in [0.25, 0.3) is 0 Å². The third-order valence-corrected chi connectivity index (χ3v) is 3.41. The van der Waals surface area contributed by atoms with Gasteiger partial charge in [-0.15, -0.1) is 0 Å². The number of anilines is 2. The van der Waals surface area contributed by atoms with Gasteiger partial charge in [0.25, 0.3) is 0 Å². The zero-order valence-electron chi connectivity index (χ0n) is 10.6. The number of carbonyl (C=O) groups is 1. The van der Waals surface area contributed by atoms with Crippen molar-refractivity contribution in [3.63, 3.8) is 0 Å². The third kappa shape index (κ3) is 2.56. The summed E-state index contributed by atoms with van der Waals surface area (Å²) in [4.78, 5) is 15.7. The second-order valence-electron chi connectivity index (χ2n) is 4.50. The molecule has 0 saturated carbocycles. The molecule has 1 aliphatic heterocycles. The van der Waals surface area contributed by atoms with E-state index in [2.05, 4.69) is 16.7 Å². The van der Waals surface area contributed by atoms with E-state index in [1.165, 1.54) is 0 Å². The molecule has 0 unspecified atom stereocenters. The minimum absolute atomic E-state index is 0.328. The van der Waals surface area contributed by atoms with Crippen LogP contribution in [0.15, 0.2) is 18.2 Å². The Hall–Kier alpha value is -1.75. The van der Waals surface area contributed by atoms with Gasteiger partial charge in [0.15, 0.2) is 0 Å². The van der Waals surface area contributed by atoms with Crippen molar-refractivity contribution in [3.8, 4) is 0 Å². The van der Waals surface area contributed by atoms with Gasteiger partial charge in [-0.2, -0.15) is 0 Å². The summed E-state index contributed by atoms with van der Waals surface area (Å²) in [7, 11) is 0. The van der Waals surface area contributed by atoms with E-state index in [0.29, 0.717) is 11.3 Å². The lowest BCUT2D eigenvalue weighted by atomic mass is 10.1. The first-order valence-electron chi connectivity index (χ1n) is 6.22. The number of hydrogen-bond donors (Lipinski definition) is 2. The molecule has 5 nitrogen and oxygen atoms in total. The van der Waals surface area contributed by atoms with Gasteiger partial charge in [-0.05, 0) is 24.7 Å². The number of nitrogens with two attached hydrogens (primary N) is 1. The molecule has 1 saturated heterocycles. The Bertz CT molecular complexity index is 440. The summed E-state index contributed by atoms with van der Waals surface area (Å²) in [5.74, 6) is -0.900. The van der Waals surface area contributed by atoms with E-state index in [0.717, 1.165) is 38.4 Å². The van der Waals surface area contributed by atoms with Gasteiger partial charge in [-0.25, -0.2) is 4.79 Å². The van der Waals surface area contributed by atoms with Gasteiger partial charge >= 0.3 is 5.97 Å². The van der Waals surface area contributed by atoms with E-state index in [4.69, 9.17) is 5.73 Å². The topological polar surface area (TPSA) is 69.8 Å². The zero-order chi connectivity index (χ0) is 13.1. The number of rotatable bonds is 3. The van der Waals surface area contributed by atoms with Crippen LogP contribution in [0.5, 0.6) is 0 Å². The average molecular weight is 249 g/mol. The first-order chi connectivity index (χ1) is 8.61. The smallest absolute Gasteiger partial charge is 0.337 e. The highest BCUT2D eigenvalue weighted by Crippen LogP contribution is 2.24. The maximum absolute atomic E-state index is 11.2. The predicted molar refractivity (Wildman–Crippen MR) is 72.1 cm³/mol. The molecule has 0 atom stereocenters. The van der Waals surface area contributed by atoms with Crippen molar-refractivity contribution in [1.29, 1.82) is 0 Å².